The summed E-state index contributed by atoms with van der Waals surface area (Å²) in [5, 5.41) is 5.20. The van der Waals surface area contributed by atoms with Crippen molar-refractivity contribution in [3.8, 4) is 11.3 Å². The van der Waals surface area contributed by atoms with Crippen LogP contribution in [-0.2, 0) is 30.1 Å². The van der Waals surface area contributed by atoms with Crippen LogP contribution in [-0.4, -0.2) is 92.3 Å². The van der Waals surface area contributed by atoms with Gasteiger partial charge in [-0.2, -0.15) is 4.31 Å². The summed E-state index contributed by atoms with van der Waals surface area (Å²) in [7, 11) is -6.36. The number of piperidine rings is 1. The number of nitrogens with one attached hydrogen (secondary N) is 2. The highest BCUT2D eigenvalue weighted by Gasteiger charge is 2.35. The van der Waals surface area contributed by atoms with Crippen LogP contribution in [0.25, 0.3) is 22.3 Å². The molecule has 0 aliphatic carbocycles. The van der Waals surface area contributed by atoms with E-state index in [2.05, 4.69) is 25.2 Å². The number of amides is 1. The molecule has 0 radical (unpaired) electrons. The van der Waals surface area contributed by atoms with Crippen LogP contribution in [0, 0.1) is 0 Å². The zero-order valence-corrected chi connectivity index (χ0v) is 28.6. The number of carbonyl (C=O) groups excluding carboxylic acids is 1. The number of nitrogens with zero attached hydrogens (tertiary/aromatic N) is 5. The van der Waals surface area contributed by atoms with Gasteiger partial charge in [0, 0.05) is 61.2 Å². The highest BCUT2D eigenvalue weighted by atomic mass is 32.2. The topological polar surface area (TPSA) is 149 Å². The minimum Gasteiger partial charge on any atom is -0.370 e. The number of benzene rings is 2. The van der Waals surface area contributed by atoms with E-state index in [1.807, 2.05) is 73.3 Å². The molecule has 4 aromatic rings. The number of sulfonamides is 1. The van der Waals surface area contributed by atoms with E-state index in [4.69, 9.17) is 0 Å². The summed E-state index contributed by atoms with van der Waals surface area (Å²) in [6.07, 6.45) is 4.90. The minimum atomic E-state index is -3.35. The SMILES string of the molecule is CC(C)(C(=O)Nc1ccc(-c2cc3c(N4CCS(=O)(=O)CC4)ncnc3[nH]2)cc1)c1cccc(N2CCCC(N3CC=CS3(=O)=O)C2)c1. The number of hydrogen-bond acceptors (Lipinski definition) is 9. The van der Waals surface area contributed by atoms with Crippen molar-refractivity contribution in [1.29, 1.82) is 0 Å². The van der Waals surface area contributed by atoms with Crippen molar-refractivity contribution >= 4 is 54.0 Å². The first-order chi connectivity index (χ1) is 22.9. The Labute approximate surface area is 280 Å². The smallest absolute Gasteiger partial charge is 0.236 e. The molecule has 12 nitrogen and oxygen atoms in total. The van der Waals surface area contributed by atoms with Crippen molar-refractivity contribution < 1.29 is 21.6 Å². The maximum absolute atomic E-state index is 13.7. The average Bonchev–Trinajstić information content (AvgIpc) is 3.68. The Kier molecular flexibility index (Phi) is 8.28. The molecular formula is C34H39N7O5S2. The zero-order valence-electron chi connectivity index (χ0n) is 27.0. The Bertz CT molecular complexity index is 2100. The molecule has 0 saturated carbocycles. The fourth-order valence-electron chi connectivity index (χ4n) is 6.73. The summed E-state index contributed by atoms with van der Waals surface area (Å²) >= 11 is 0. The molecule has 0 bridgehead atoms. The van der Waals surface area contributed by atoms with E-state index in [0.29, 0.717) is 43.3 Å². The van der Waals surface area contributed by atoms with Gasteiger partial charge in [0.1, 0.15) is 17.8 Å². The monoisotopic (exact) mass is 689 g/mol. The number of anilines is 3. The highest BCUT2D eigenvalue weighted by Crippen LogP contribution is 2.33. The predicted molar refractivity (Wildman–Crippen MR) is 188 cm³/mol. The maximum atomic E-state index is 13.7. The van der Waals surface area contributed by atoms with Crippen molar-refractivity contribution in [3.05, 3.63) is 78.0 Å². The van der Waals surface area contributed by atoms with E-state index in [0.717, 1.165) is 47.3 Å². The summed E-state index contributed by atoms with van der Waals surface area (Å²) in [6.45, 7) is 6.44. The molecule has 14 heteroatoms. The van der Waals surface area contributed by atoms with Gasteiger partial charge in [0.05, 0.1) is 22.3 Å². The molecule has 2 fully saturated rings. The fraction of sp³-hybridized carbons (Fsp3) is 0.382. The molecule has 252 valence electrons. The van der Waals surface area contributed by atoms with Gasteiger partial charge in [-0.3, -0.25) is 4.79 Å². The van der Waals surface area contributed by atoms with Crippen molar-refractivity contribution in [2.75, 3.05) is 59.3 Å². The first kappa shape index (κ1) is 32.3. The van der Waals surface area contributed by atoms with Crippen molar-refractivity contribution in [1.82, 2.24) is 19.3 Å². The Morgan fingerprint density at radius 3 is 2.46 bits per heavy atom. The summed E-state index contributed by atoms with van der Waals surface area (Å²) in [5.41, 5.74) is 4.08. The van der Waals surface area contributed by atoms with Crippen molar-refractivity contribution in [2.45, 2.75) is 38.1 Å². The number of fused-ring (bicyclic) bond motifs is 1. The third-order valence-corrected chi connectivity index (χ3v) is 12.9. The third kappa shape index (κ3) is 6.31. The normalized spacial score (nSPS) is 21.1. The minimum absolute atomic E-state index is 0.0863. The number of aromatic nitrogens is 3. The lowest BCUT2D eigenvalue weighted by atomic mass is 9.83. The van der Waals surface area contributed by atoms with Gasteiger partial charge in [0.2, 0.25) is 15.9 Å². The van der Waals surface area contributed by atoms with Gasteiger partial charge in [-0.15, -0.1) is 0 Å². The zero-order chi connectivity index (χ0) is 33.7. The summed E-state index contributed by atoms with van der Waals surface area (Å²) < 4.78 is 50.4. The fourth-order valence-corrected chi connectivity index (χ4v) is 9.30. The van der Waals surface area contributed by atoms with Gasteiger partial charge in [-0.05, 0) is 68.1 Å². The lowest BCUT2D eigenvalue weighted by molar-refractivity contribution is -0.120. The molecular weight excluding hydrogens is 651 g/mol. The van der Waals surface area contributed by atoms with Gasteiger partial charge in [-0.25, -0.2) is 26.8 Å². The van der Waals surface area contributed by atoms with E-state index in [-0.39, 0.29) is 23.5 Å². The Morgan fingerprint density at radius 2 is 1.73 bits per heavy atom. The Hall–Kier alpha value is -4.27. The van der Waals surface area contributed by atoms with Crippen LogP contribution in [0.4, 0.5) is 17.2 Å². The lowest BCUT2D eigenvalue weighted by Gasteiger charge is -2.38. The van der Waals surface area contributed by atoms with Crippen LogP contribution < -0.4 is 15.1 Å². The van der Waals surface area contributed by atoms with Gasteiger partial charge < -0.3 is 20.1 Å². The van der Waals surface area contributed by atoms with Crippen LogP contribution >= 0.6 is 0 Å². The van der Waals surface area contributed by atoms with Crippen LogP contribution in [0.3, 0.4) is 0 Å². The van der Waals surface area contributed by atoms with Gasteiger partial charge in [0.25, 0.3) is 0 Å². The number of carbonyl (C=O) groups is 1. The molecule has 48 heavy (non-hydrogen) atoms. The van der Waals surface area contributed by atoms with E-state index in [1.165, 1.54) is 11.7 Å². The third-order valence-electron chi connectivity index (χ3n) is 9.69. The maximum Gasteiger partial charge on any atom is 0.236 e. The quantitative estimate of drug-likeness (QED) is 0.295. The second kappa shape index (κ2) is 12.3. The largest absolute Gasteiger partial charge is 0.370 e. The van der Waals surface area contributed by atoms with Crippen LogP contribution in [0.1, 0.15) is 32.3 Å². The van der Waals surface area contributed by atoms with Gasteiger partial charge >= 0.3 is 0 Å². The summed E-state index contributed by atoms with van der Waals surface area (Å²) in [4.78, 5) is 30.0. The molecule has 2 N–H and O–H groups in total. The molecule has 7 rings (SSSR count). The first-order valence-corrected chi connectivity index (χ1v) is 19.5. The molecule has 2 aromatic carbocycles. The van der Waals surface area contributed by atoms with E-state index in [1.54, 1.807) is 10.4 Å². The molecule has 2 saturated heterocycles. The second-order valence-electron chi connectivity index (χ2n) is 13.2. The highest BCUT2D eigenvalue weighted by molar-refractivity contribution is 7.92. The predicted octanol–water partition coefficient (Wildman–Crippen LogP) is 3.90. The molecule has 0 spiro atoms. The number of aromatic amines is 1. The Morgan fingerprint density at radius 1 is 0.958 bits per heavy atom. The summed E-state index contributed by atoms with van der Waals surface area (Å²) in [5.74, 6) is 0.779. The van der Waals surface area contributed by atoms with E-state index in [9.17, 15) is 21.6 Å². The van der Waals surface area contributed by atoms with E-state index < -0.39 is 25.3 Å². The van der Waals surface area contributed by atoms with E-state index >= 15 is 0 Å². The number of sulfone groups is 1. The van der Waals surface area contributed by atoms with Crippen LogP contribution in [0.5, 0.6) is 0 Å². The van der Waals surface area contributed by atoms with Crippen LogP contribution in [0.15, 0.2) is 72.4 Å². The standard InChI is InChI=1S/C34H39N7O5S2/c1-34(2,25-6-3-7-27(20-25)40-13-4-8-28(22-40)41-14-5-17-48(41,45)46)33(42)37-26-11-9-24(10-12-26)30-21-29-31(38-30)35-23-36-32(29)39-15-18-47(43,44)19-16-39/h3,5-7,9-12,17,20-21,23,28H,4,8,13-16,18-19,22H2,1-2H3,(H,37,42)(H,35,36,38). The second-order valence-corrected chi connectivity index (χ2v) is 17.3. The lowest BCUT2D eigenvalue weighted by Crippen LogP contribution is -2.48. The molecule has 3 aliphatic heterocycles. The molecule has 1 amide bonds. The Balaban J connectivity index is 1.04. The van der Waals surface area contributed by atoms with Crippen molar-refractivity contribution in [2.24, 2.45) is 0 Å². The van der Waals surface area contributed by atoms with Crippen molar-refractivity contribution in [3.63, 3.8) is 0 Å². The number of hydrogen-bond donors (Lipinski definition) is 2. The van der Waals surface area contributed by atoms with Gasteiger partial charge in [-0.1, -0.05) is 30.3 Å². The molecule has 1 atom stereocenters. The molecule has 5 heterocycles. The molecule has 2 aromatic heterocycles. The summed E-state index contributed by atoms with van der Waals surface area (Å²) in [6, 6.07) is 17.4. The average molecular weight is 690 g/mol. The number of H-pyrrole nitrogens is 1. The molecule has 3 aliphatic rings. The molecule has 1 unspecified atom stereocenters. The van der Waals surface area contributed by atoms with Gasteiger partial charge in [0.15, 0.2) is 9.84 Å². The van der Waals surface area contributed by atoms with Crippen LogP contribution in [0.2, 0.25) is 0 Å². The number of rotatable bonds is 7. The first-order valence-electron chi connectivity index (χ1n) is 16.1.